The fraction of sp³-hybridized carbons (Fsp3) is 0.0625. The van der Waals surface area contributed by atoms with Gasteiger partial charge in [0.15, 0.2) is 5.11 Å². The number of aromatic carboxylic acids is 1. The summed E-state index contributed by atoms with van der Waals surface area (Å²) in [4.78, 5) is 33.5. The summed E-state index contributed by atoms with van der Waals surface area (Å²) in [6.45, 7) is 0. The first-order valence-corrected chi connectivity index (χ1v) is 7.49. The minimum Gasteiger partial charge on any atom is -0.545 e. The Hall–Kier alpha value is -3.53. The van der Waals surface area contributed by atoms with Gasteiger partial charge < -0.3 is 20.0 Å². The van der Waals surface area contributed by atoms with E-state index in [0.29, 0.717) is 0 Å². The van der Waals surface area contributed by atoms with Gasteiger partial charge in [-0.15, -0.1) is 0 Å². The molecule has 0 saturated carbocycles. The van der Waals surface area contributed by atoms with Crippen LogP contribution in [0.1, 0.15) is 20.7 Å². The Morgan fingerprint density at radius 3 is 2.50 bits per heavy atom. The van der Waals surface area contributed by atoms with Gasteiger partial charge in [-0.05, 0) is 42.0 Å². The van der Waals surface area contributed by atoms with Crippen LogP contribution in [0.4, 0.5) is 11.4 Å². The standard InChI is InChI=1S/C16H13N3O6S/c1-25-13-7-6-9(15(21)22)8-11(13)17-16(26)18-14(20)10-4-2-3-5-12(10)19(23)24/h2-8H,1H3,(H,21,22)(H2,17,18,20,26)/p-1. The number of hydrogen-bond donors (Lipinski definition) is 2. The van der Waals surface area contributed by atoms with Crippen molar-refractivity contribution in [1.82, 2.24) is 5.32 Å². The Labute approximate surface area is 152 Å². The van der Waals surface area contributed by atoms with Gasteiger partial charge in [0.1, 0.15) is 11.3 Å². The number of thiocarbonyl (C=S) groups is 1. The molecular formula is C16H12N3O6S-. The lowest BCUT2D eigenvalue weighted by molar-refractivity contribution is -0.385. The van der Waals surface area contributed by atoms with Gasteiger partial charge in [-0.1, -0.05) is 12.1 Å². The molecule has 26 heavy (non-hydrogen) atoms. The Kier molecular flexibility index (Phi) is 5.81. The summed E-state index contributed by atoms with van der Waals surface area (Å²) in [7, 11) is 1.37. The fourth-order valence-electron chi connectivity index (χ4n) is 2.08. The summed E-state index contributed by atoms with van der Waals surface area (Å²) in [6, 6.07) is 9.28. The van der Waals surface area contributed by atoms with Crippen LogP contribution in [0.15, 0.2) is 42.5 Å². The molecule has 0 unspecified atom stereocenters. The average Bonchev–Trinajstić information content (AvgIpc) is 2.61. The normalized spacial score (nSPS) is 9.88. The molecule has 0 heterocycles. The van der Waals surface area contributed by atoms with Crippen LogP contribution in [-0.4, -0.2) is 29.0 Å². The Morgan fingerprint density at radius 1 is 1.19 bits per heavy atom. The molecule has 0 atom stereocenters. The Balaban J connectivity index is 2.19. The molecule has 0 aliphatic rings. The molecular weight excluding hydrogens is 362 g/mol. The lowest BCUT2D eigenvalue weighted by Gasteiger charge is -2.14. The number of hydrogen-bond acceptors (Lipinski definition) is 7. The molecule has 0 saturated heterocycles. The largest absolute Gasteiger partial charge is 0.545 e. The van der Waals surface area contributed by atoms with Gasteiger partial charge in [0, 0.05) is 6.07 Å². The maximum atomic E-state index is 12.2. The highest BCUT2D eigenvalue weighted by molar-refractivity contribution is 7.80. The van der Waals surface area contributed by atoms with Crippen LogP contribution in [0.5, 0.6) is 5.75 Å². The van der Waals surface area contributed by atoms with Gasteiger partial charge in [0.25, 0.3) is 11.6 Å². The maximum Gasteiger partial charge on any atom is 0.282 e. The lowest BCUT2D eigenvalue weighted by atomic mass is 10.1. The second-order valence-corrected chi connectivity index (χ2v) is 5.29. The first kappa shape index (κ1) is 18.8. The number of nitro benzene ring substituents is 1. The summed E-state index contributed by atoms with van der Waals surface area (Å²) < 4.78 is 5.08. The van der Waals surface area contributed by atoms with E-state index in [1.165, 1.54) is 49.6 Å². The molecule has 0 aliphatic heterocycles. The zero-order valence-corrected chi connectivity index (χ0v) is 14.2. The monoisotopic (exact) mass is 374 g/mol. The third-order valence-corrected chi connectivity index (χ3v) is 3.46. The van der Waals surface area contributed by atoms with Crippen molar-refractivity contribution in [1.29, 1.82) is 0 Å². The van der Waals surface area contributed by atoms with E-state index in [1.807, 2.05) is 0 Å². The summed E-state index contributed by atoms with van der Waals surface area (Å²) in [5.41, 5.74) is -0.482. The van der Waals surface area contributed by atoms with E-state index in [2.05, 4.69) is 10.6 Å². The molecule has 10 heteroatoms. The predicted octanol–water partition coefficient (Wildman–Crippen LogP) is 1.09. The maximum absolute atomic E-state index is 12.2. The third-order valence-electron chi connectivity index (χ3n) is 3.26. The molecule has 2 N–H and O–H groups in total. The molecule has 2 aromatic rings. The summed E-state index contributed by atoms with van der Waals surface area (Å²) in [6.07, 6.45) is 0. The van der Waals surface area contributed by atoms with E-state index in [0.717, 1.165) is 0 Å². The molecule has 0 fully saturated rings. The van der Waals surface area contributed by atoms with Crippen molar-refractivity contribution in [2.45, 2.75) is 0 Å². The molecule has 2 rings (SSSR count). The molecule has 1 amide bonds. The number of carbonyl (C=O) groups excluding carboxylic acids is 2. The summed E-state index contributed by atoms with van der Waals surface area (Å²) in [5.74, 6) is -1.91. The number of carbonyl (C=O) groups is 2. The summed E-state index contributed by atoms with van der Waals surface area (Å²) >= 11 is 5.01. The van der Waals surface area contributed by atoms with E-state index < -0.39 is 16.8 Å². The highest BCUT2D eigenvalue weighted by Gasteiger charge is 2.20. The predicted molar refractivity (Wildman–Crippen MR) is 94.1 cm³/mol. The highest BCUT2D eigenvalue weighted by atomic mass is 32.1. The first-order valence-electron chi connectivity index (χ1n) is 7.08. The van der Waals surface area contributed by atoms with E-state index in [4.69, 9.17) is 17.0 Å². The molecule has 9 nitrogen and oxygen atoms in total. The van der Waals surface area contributed by atoms with Crippen LogP contribution in [0.25, 0.3) is 0 Å². The zero-order chi connectivity index (χ0) is 19.3. The molecule has 0 bridgehead atoms. The van der Waals surface area contributed by atoms with Crippen molar-refractivity contribution in [2.24, 2.45) is 0 Å². The van der Waals surface area contributed by atoms with Crippen LogP contribution in [0, 0.1) is 10.1 Å². The van der Waals surface area contributed by atoms with E-state index in [1.54, 1.807) is 0 Å². The number of benzene rings is 2. The molecule has 0 aromatic heterocycles. The van der Waals surface area contributed by atoms with E-state index >= 15 is 0 Å². The molecule has 0 radical (unpaired) electrons. The topological polar surface area (TPSA) is 134 Å². The number of carboxylic acid groups (broad SMARTS) is 1. The van der Waals surface area contributed by atoms with Gasteiger partial charge in [0.2, 0.25) is 0 Å². The first-order chi connectivity index (χ1) is 12.3. The minimum atomic E-state index is -1.40. The van der Waals surface area contributed by atoms with Gasteiger partial charge in [0.05, 0.1) is 23.7 Å². The number of nitro groups is 1. The molecule has 2 aromatic carbocycles. The minimum absolute atomic E-state index is 0.124. The Bertz CT molecular complexity index is 899. The smallest absolute Gasteiger partial charge is 0.282 e. The number of methoxy groups -OCH3 is 1. The van der Waals surface area contributed by atoms with Crippen molar-refractivity contribution in [2.75, 3.05) is 12.4 Å². The van der Waals surface area contributed by atoms with Crippen LogP contribution in [0.3, 0.4) is 0 Å². The molecule has 134 valence electrons. The highest BCUT2D eigenvalue weighted by Crippen LogP contribution is 2.25. The number of amides is 1. The number of nitrogens with zero attached hydrogens (tertiary/aromatic N) is 1. The van der Waals surface area contributed by atoms with Gasteiger partial charge in [-0.25, -0.2) is 0 Å². The number of para-hydroxylation sites is 1. The average molecular weight is 374 g/mol. The quantitative estimate of drug-likeness (QED) is 0.451. The van der Waals surface area contributed by atoms with Crippen molar-refractivity contribution >= 4 is 40.6 Å². The fourth-order valence-corrected chi connectivity index (χ4v) is 2.28. The van der Waals surface area contributed by atoms with Crippen molar-refractivity contribution < 1.29 is 24.4 Å². The van der Waals surface area contributed by atoms with Crippen molar-refractivity contribution in [3.8, 4) is 5.75 Å². The van der Waals surface area contributed by atoms with E-state index in [-0.39, 0.29) is 33.4 Å². The SMILES string of the molecule is COc1ccc(C(=O)[O-])cc1NC(=S)NC(=O)c1ccccc1[N+](=O)[O-]. The van der Waals surface area contributed by atoms with Crippen LogP contribution >= 0.6 is 12.2 Å². The molecule has 0 aliphatic carbocycles. The summed E-state index contributed by atoms with van der Waals surface area (Å²) in [5, 5.41) is 26.7. The van der Waals surface area contributed by atoms with Gasteiger partial charge in [-0.2, -0.15) is 0 Å². The third kappa shape index (κ3) is 4.30. The molecule has 0 spiro atoms. The van der Waals surface area contributed by atoms with Crippen molar-refractivity contribution in [3.05, 3.63) is 63.7 Å². The van der Waals surface area contributed by atoms with Crippen LogP contribution in [0.2, 0.25) is 0 Å². The number of rotatable bonds is 5. The second-order valence-electron chi connectivity index (χ2n) is 4.89. The van der Waals surface area contributed by atoms with Gasteiger partial charge in [-0.3, -0.25) is 20.2 Å². The lowest BCUT2D eigenvalue weighted by Crippen LogP contribution is -2.34. The second kappa shape index (κ2) is 8.03. The van der Waals surface area contributed by atoms with Crippen molar-refractivity contribution in [3.63, 3.8) is 0 Å². The van der Waals surface area contributed by atoms with Gasteiger partial charge >= 0.3 is 0 Å². The number of nitrogens with one attached hydrogen (secondary N) is 2. The van der Waals surface area contributed by atoms with Crippen LogP contribution in [-0.2, 0) is 0 Å². The Morgan fingerprint density at radius 2 is 1.88 bits per heavy atom. The number of ether oxygens (including phenoxy) is 1. The number of anilines is 1. The number of carboxylic acids is 1. The zero-order valence-electron chi connectivity index (χ0n) is 13.3. The van der Waals surface area contributed by atoms with Crippen LogP contribution < -0.4 is 20.5 Å². The van der Waals surface area contributed by atoms with E-state index in [9.17, 15) is 24.8 Å².